The van der Waals surface area contributed by atoms with Gasteiger partial charge in [-0.05, 0) is 36.8 Å². The predicted octanol–water partition coefficient (Wildman–Crippen LogP) is 2.36. The average Bonchev–Trinajstić information content (AvgIpc) is 2.94. The molecule has 6 nitrogen and oxygen atoms in total. The van der Waals surface area contributed by atoms with E-state index in [1.807, 2.05) is 23.6 Å². The molecule has 0 fully saturated rings. The van der Waals surface area contributed by atoms with Gasteiger partial charge in [0.15, 0.2) is 0 Å². The van der Waals surface area contributed by atoms with Crippen LogP contribution in [0.4, 0.5) is 4.39 Å². The SMILES string of the molecule is Cc1c(-c2cccc(S(=O)(=O)N(C)C)c2)c2ncccc2n1C/C(F)=C/C[NH3+]. The molecule has 3 aromatic rings. The van der Waals surface area contributed by atoms with Crippen LogP contribution < -0.4 is 5.73 Å². The van der Waals surface area contributed by atoms with Crippen LogP contribution >= 0.6 is 0 Å². The Balaban J connectivity index is 2.23. The van der Waals surface area contributed by atoms with Crippen LogP contribution in [0.15, 0.2) is 59.4 Å². The van der Waals surface area contributed by atoms with Crippen LogP contribution in [0.5, 0.6) is 0 Å². The summed E-state index contributed by atoms with van der Waals surface area (Å²) < 4.78 is 42.3. The highest BCUT2D eigenvalue weighted by Crippen LogP contribution is 2.35. The maximum Gasteiger partial charge on any atom is 0.242 e. The summed E-state index contributed by atoms with van der Waals surface area (Å²) >= 11 is 0. The standard InChI is InChI=1S/C20H23FN4O2S/c1-14-19(15-6-4-7-17(12-15)28(26,27)24(2)3)20-18(8-5-11-23-20)25(14)13-16(21)9-10-22/h4-9,11-12H,10,13,22H2,1-3H3/p+1/b16-9-. The van der Waals surface area contributed by atoms with E-state index >= 15 is 0 Å². The monoisotopic (exact) mass is 403 g/mol. The van der Waals surface area contributed by atoms with Gasteiger partial charge in [0.05, 0.1) is 29.0 Å². The van der Waals surface area contributed by atoms with E-state index in [1.165, 1.54) is 24.5 Å². The largest absolute Gasteiger partial charge is 0.354 e. The molecule has 148 valence electrons. The molecule has 0 saturated carbocycles. The molecule has 3 rings (SSSR count). The fourth-order valence-electron chi connectivity index (χ4n) is 3.24. The third-order valence-corrected chi connectivity index (χ3v) is 6.47. The molecule has 28 heavy (non-hydrogen) atoms. The van der Waals surface area contributed by atoms with Gasteiger partial charge in [0.25, 0.3) is 0 Å². The van der Waals surface area contributed by atoms with Gasteiger partial charge >= 0.3 is 0 Å². The molecule has 8 heteroatoms. The minimum absolute atomic E-state index is 0.0826. The van der Waals surface area contributed by atoms with Gasteiger partial charge in [-0.15, -0.1) is 0 Å². The number of benzene rings is 1. The normalized spacial score (nSPS) is 12.9. The predicted molar refractivity (Wildman–Crippen MR) is 108 cm³/mol. The second kappa shape index (κ2) is 7.83. The number of halogens is 1. The summed E-state index contributed by atoms with van der Waals surface area (Å²) in [6.07, 6.45) is 3.13. The van der Waals surface area contributed by atoms with Crippen molar-refractivity contribution >= 4 is 21.1 Å². The second-order valence-electron chi connectivity index (χ2n) is 6.67. The van der Waals surface area contributed by atoms with Gasteiger partial charge in [-0.3, -0.25) is 4.98 Å². The Kier molecular flexibility index (Phi) is 5.64. The van der Waals surface area contributed by atoms with E-state index in [9.17, 15) is 12.8 Å². The zero-order valence-electron chi connectivity index (χ0n) is 16.2. The number of pyridine rings is 1. The van der Waals surface area contributed by atoms with E-state index in [1.54, 1.807) is 30.5 Å². The molecule has 0 saturated heterocycles. The van der Waals surface area contributed by atoms with Gasteiger partial charge < -0.3 is 10.3 Å². The highest BCUT2D eigenvalue weighted by atomic mass is 32.2. The molecule has 0 atom stereocenters. The fourth-order valence-corrected chi connectivity index (χ4v) is 4.19. The van der Waals surface area contributed by atoms with E-state index in [0.717, 1.165) is 22.3 Å². The molecule has 2 heterocycles. The molecule has 2 aromatic heterocycles. The van der Waals surface area contributed by atoms with Crippen LogP contribution in [-0.2, 0) is 16.6 Å². The summed E-state index contributed by atoms with van der Waals surface area (Å²) in [4.78, 5) is 4.69. The highest BCUT2D eigenvalue weighted by Gasteiger charge is 2.21. The number of hydrogen-bond donors (Lipinski definition) is 1. The van der Waals surface area contributed by atoms with Crippen LogP contribution in [0.3, 0.4) is 0 Å². The van der Waals surface area contributed by atoms with Crippen molar-refractivity contribution in [3.63, 3.8) is 0 Å². The van der Waals surface area contributed by atoms with Gasteiger partial charge in [-0.1, -0.05) is 12.1 Å². The lowest BCUT2D eigenvalue weighted by atomic mass is 10.1. The molecule has 0 spiro atoms. The van der Waals surface area contributed by atoms with Crippen molar-refractivity contribution in [1.82, 2.24) is 13.9 Å². The Morgan fingerprint density at radius 1 is 1.29 bits per heavy atom. The van der Waals surface area contributed by atoms with Gasteiger partial charge in [0, 0.05) is 37.6 Å². The molecule has 0 aliphatic heterocycles. The van der Waals surface area contributed by atoms with Crippen LogP contribution in [0.25, 0.3) is 22.2 Å². The van der Waals surface area contributed by atoms with E-state index in [-0.39, 0.29) is 17.3 Å². The number of rotatable bonds is 6. The first kappa shape index (κ1) is 20.2. The average molecular weight is 404 g/mol. The molecule has 0 aliphatic carbocycles. The van der Waals surface area contributed by atoms with Crippen LogP contribution in [0.2, 0.25) is 0 Å². The molecular formula is C20H24FN4O2S+. The van der Waals surface area contributed by atoms with Crippen LogP contribution in [0, 0.1) is 6.92 Å². The summed E-state index contributed by atoms with van der Waals surface area (Å²) in [5.41, 5.74) is 7.50. The maximum absolute atomic E-state index is 14.2. The number of hydrogen-bond acceptors (Lipinski definition) is 3. The summed E-state index contributed by atoms with van der Waals surface area (Å²) in [5.74, 6) is -0.269. The fraction of sp³-hybridized carbons (Fsp3) is 0.250. The van der Waals surface area contributed by atoms with Crippen LogP contribution in [0.1, 0.15) is 5.69 Å². The number of aromatic nitrogens is 2. The first-order valence-corrected chi connectivity index (χ1v) is 10.3. The van der Waals surface area contributed by atoms with Gasteiger partial charge in [0.2, 0.25) is 10.0 Å². The molecule has 0 radical (unpaired) electrons. The van der Waals surface area contributed by atoms with Crippen molar-refractivity contribution in [1.29, 1.82) is 0 Å². The number of sulfonamides is 1. The minimum Gasteiger partial charge on any atom is -0.354 e. The molecule has 0 bridgehead atoms. The van der Waals surface area contributed by atoms with E-state index < -0.39 is 10.0 Å². The van der Waals surface area contributed by atoms with Crippen molar-refractivity contribution < 1.29 is 18.5 Å². The molecule has 0 amide bonds. The van der Waals surface area contributed by atoms with Crippen molar-refractivity contribution in [2.24, 2.45) is 0 Å². The molecule has 1 aromatic carbocycles. The second-order valence-corrected chi connectivity index (χ2v) is 8.82. The Morgan fingerprint density at radius 2 is 2.04 bits per heavy atom. The lowest BCUT2D eigenvalue weighted by Gasteiger charge is -2.12. The molecule has 3 N–H and O–H groups in total. The van der Waals surface area contributed by atoms with E-state index in [4.69, 9.17) is 0 Å². The summed E-state index contributed by atoms with van der Waals surface area (Å²) in [6.45, 7) is 2.35. The Bertz CT molecular complexity index is 1150. The number of fused-ring (bicyclic) bond motifs is 1. The first-order chi connectivity index (χ1) is 13.3. The van der Waals surface area contributed by atoms with Crippen molar-refractivity contribution in [2.75, 3.05) is 20.6 Å². The van der Waals surface area contributed by atoms with Gasteiger partial charge in [0.1, 0.15) is 5.83 Å². The van der Waals surface area contributed by atoms with Crippen molar-refractivity contribution in [3.05, 3.63) is 60.2 Å². The molecular weight excluding hydrogens is 379 g/mol. The zero-order valence-corrected chi connectivity index (χ0v) is 17.0. The summed E-state index contributed by atoms with van der Waals surface area (Å²) in [5, 5.41) is 0. The first-order valence-electron chi connectivity index (χ1n) is 8.88. The lowest BCUT2D eigenvalue weighted by molar-refractivity contribution is -0.353. The smallest absolute Gasteiger partial charge is 0.242 e. The highest BCUT2D eigenvalue weighted by molar-refractivity contribution is 7.89. The van der Waals surface area contributed by atoms with Gasteiger partial charge in [-0.25, -0.2) is 17.1 Å². The third kappa shape index (κ3) is 3.58. The molecule has 0 aliphatic rings. The Morgan fingerprint density at radius 3 is 2.71 bits per heavy atom. The number of nitrogens with zero attached hydrogens (tertiary/aromatic N) is 3. The molecule has 0 unspecified atom stereocenters. The van der Waals surface area contributed by atoms with Crippen molar-refractivity contribution in [2.45, 2.75) is 18.4 Å². The quantitative estimate of drug-likeness (QED) is 0.686. The van der Waals surface area contributed by atoms with Crippen molar-refractivity contribution in [3.8, 4) is 11.1 Å². The minimum atomic E-state index is -3.56. The Hall–Kier alpha value is -2.55. The number of quaternary nitrogens is 1. The van der Waals surface area contributed by atoms with E-state index in [2.05, 4.69) is 10.7 Å². The summed E-state index contributed by atoms with van der Waals surface area (Å²) in [6, 6.07) is 10.4. The Labute approximate surface area is 164 Å². The third-order valence-electron chi connectivity index (χ3n) is 4.66. The van der Waals surface area contributed by atoms with Gasteiger partial charge in [-0.2, -0.15) is 0 Å². The van der Waals surface area contributed by atoms with Crippen LogP contribution in [-0.4, -0.2) is 42.9 Å². The van der Waals surface area contributed by atoms with E-state index in [0.29, 0.717) is 12.1 Å². The number of allylic oxidation sites excluding steroid dienone is 1. The zero-order chi connectivity index (χ0) is 20.5. The topological polar surface area (TPSA) is 82.8 Å². The summed E-state index contributed by atoms with van der Waals surface area (Å²) in [7, 11) is -0.566. The maximum atomic E-state index is 14.2. The lowest BCUT2D eigenvalue weighted by Crippen LogP contribution is -2.49.